The minimum Gasteiger partial charge on any atom is -0.494 e. The molecule has 0 radical (unpaired) electrons. The van der Waals surface area contributed by atoms with Crippen LogP contribution in [0.3, 0.4) is 0 Å². The van der Waals surface area contributed by atoms with Gasteiger partial charge in [0.05, 0.1) is 29.0 Å². The van der Waals surface area contributed by atoms with E-state index in [1.54, 1.807) is 19.1 Å². The molecule has 5 nitrogen and oxygen atoms in total. The summed E-state index contributed by atoms with van der Waals surface area (Å²) in [6.45, 7) is 3.02. The number of oxime groups is 1. The molecule has 0 spiro atoms. The Morgan fingerprint density at radius 2 is 1.52 bits per heavy atom. The predicted molar refractivity (Wildman–Crippen MR) is 127 cm³/mol. The van der Waals surface area contributed by atoms with E-state index in [9.17, 15) is 0 Å². The van der Waals surface area contributed by atoms with Crippen molar-refractivity contribution >= 4 is 52.1 Å². The third kappa shape index (κ3) is 9.08. The maximum atomic E-state index is 8.78. The monoisotopic (exact) mass is 505 g/mol. The normalized spacial score (nSPS) is 11.2. The Bertz CT molecular complexity index is 874. The van der Waals surface area contributed by atoms with E-state index in [4.69, 9.17) is 65.8 Å². The van der Waals surface area contributed by atoms with Crippen LogP contribution in [-0.4, -0.2) is 30.7 Å². The molecule has 0 amide bonds. The molecule has 168 valence electrons. The third-order valence-corrected chi connectivity index (χ3v) is 5.06. The van der Waals surface area contributed by atoms with E-state index in [0.717, 1.165) is 30.6 Å². The first-order chi connectivity index (χ1) is 14.9. The average molecular weight is 507 g/mol. The summed E-state index contributed by atoms with van der Waals surface area (Å²) in [5, 5.41) is 12.7. The number of ether oxygens (including phenoxy) is 3. The van der Waals surface area contributed by atoms with Gasteiger partial charge in [-0.3, -0.25) is 0 Å². The molecule has 2 rings (SSSR count). The number of benzene rings is 2. The van der Waals surface area contributed by atoms with Gasteiger partial charge < -0.3 is 19.4 Å². The number of rotatable bonds is 12. The van der Waals surface area contributed by atoms with Gasteiger partial charge in [-0.05, 0) is 62.1 Å². The Morgan fingerprint density at radius 1 is 0.903 bits per heavy atom. The largest absolute Gasteiger partial charge is 0.494 e. The first-order valence-electron chi connectivity index (χ1n) is 9.58. The molecular formula is C22H23Cl4NO4. The molecule has 0 saturated heterocycles. The third-order valence-electron chi connectivity index (χ3n) is 4.19. The van der Waals surface area contributed by atoms with Crippen LogP contribution in [0.25, 0.3) is 0 Å². The lowest BCUT2D eigenvalue weighted by Gasteiger charge is -2.12. The van der Waals surface area contributed by atoms with Crippen molar-refractivity contribution in [3.05, 3.63) is 62.6 Å². The van der Waals surface area contributed by atoms with Gasteiger partial charge in [0, 0.05) is 12.1 Å². The Hall–Kier alpha value is -1.79. The summed E-state index contributed by atoms with van der Waals surface area (Å²) in [6, 6.07) is 10.7. The Kier molecular flexibility index (Phi) is 11.2. The smallest absolute Gasteiger partial charge is 0.156 e. The molecule has 0 aliphatic carbocycles. The van der Waals surface area contributed by atoms with Gasteiger partial charge in [0.25, 0.3) is 0 Å². The van der Waals surface area contributed by atoms with Crippen LogP contribution in [0.2, 0.25) is 10.0 Å². The maximum Gasteiger partial charge on any atom is 0.156 e. The van der Waals surface area contributed by atoms with Gasteiger partial charge in [0.15, 0.2) is 5.75 Å². The highest BCUT2D eigenvalue weighted by molar-refractivity contribution is 6.55. The van der Waals surface area contributed by atoms with Gasteiger partial charge in [0.2, 0.25) is 0 Å². The number of nitrogens with zero attached hydrogens (tertiary/aromatic N) is 1. The molecule has 0 fully saturated rings. The molecule has 0 unspecified atom stereocenters. The highest BCUT2D eigenvalue weighted by atomic mass is 35.5. The lowest BCUT2D eigenvalue weighted by Crippen LogP contribution is -2.02. The van der Waals surface area contributed by atoms with Crippen molar-refractivity contribution in [3.8, 4) is 17.2 Å². The fourth-order valence-electron chi connectivity index (χ4n) is 2.55. The van der Waals surface area contributed by atoms with Crippen LogP contribution in [-0.2, 0) is 0 Å². The zero-order valence-electron chi connectivity index (χ0n) is 16.9. The van der Waals surface area contributed by atoms with Crippen LogP contribution in [0.1, 0.15) is 31.7 Å². The molecule has 0 bridgehead atoms. The number of halogens is 4. The van der Waals surface area contributed by atoms with Gasteiger partial charge in [0.1, 0.15) is 22.6 Å². The van der Waals surface area contributed by atoms with Crippen LogP contribution in [0, 0.1) is 0 Å². The molecule has 0 aromatic heterocycles. The molecule has 0 atom stereocenters. The highest BCUT2D eigenvalue weighted by Gasteiger charge is 2.10. The summed E-state index contributed by atoms with van der Waals surface area (Å²) in [5.41, 5.74) is 1.41. The van der Waals surface area contributed by atoms with Crippen LogP contribution >= 0.6 is 46.4 Å². The molecule has 0 aliphatic rings. The summed E-state index contributed by atoms with van der Waals surface area (Å²) in [7, 11) is 0. The van der Waals surface area contributed by atoms with E-state index in [1.807, 2.05) is 24.3 Å². The van der Waals surface area contributed by atoms with Gasteiger partial charge >= 0.3 is 0 Å². The fourth-order valence-corrected chi connectivity index (χ4v) is 3.26. The molecule has 0 heterocycles. The van der Waals surface area contributed by atoms with Crippen LogP contribution < -0.4 is 14.2 Å². The van der Waals surface area contributed by atoms with E-state index in [-0.39, 0.29) is 11.1 Å². The second-order valence-corrected chi connectivity index (χ2v) is 8.31. The lowest BCUT2D eigenvalue weighted by atomic mass is 10.1. The van der Waals surface area contributed by atoms with Crippen molar-refractivity contribution in [2.24, 2.45) is 5.16 Å². The molecule has 2 aromatic carbocycles. The van der Waals surface area contributed by atoms with E-state index in [2.05, 4.69) is 5.16 Å². The first-order valence-corrected chi connectivity index (χ1v) is 11.1. The standard InChI is InChI=1S/C22H23Cl4NO4/c1-15(27-28)16-5-7-17(8-6-16)29-10-3-2-4-11-31-22-19(23)13-18(14-20(22)24)30-12-9-21(25)26/h5-9,13-14,28H,2-4,10-12H2,1H3. The highest BCUT2D eigenvalue weighted by Crippen LogP contribution is 2.37. The lowest BCUT2D eigenvalue weighted by molar-refractivity contribution is 0.279. The van der Waals surface area contributed by atoms with Gasteiger partial charge in [-0.25, -0.2) is 0 Å². The zero-order valence-corrected chi connectivity index (χ0v) is 19.9. The maximum absolute atomic E-state index is 8.78. The van der Waals surface area contributed by atoms with Crippen molar-refractivity contribution < 1.29 is 19.4 Å². The summed E-state index contributed by atoms with van der Waals surface area (Å²) >= 11 is 23.6. The Labute approximate surface area is 202 Å². The van der Waals surface area contributed by atoms with Crippen molar-refractivity contribution in [2.75, 3.05) is 19.8 Å². The minimum atomic E-state index is 0.128. The second kappa shape index (κ2) is 13.6. The van der Waals surface area contributed by atoms with Crippen LogP contribution in [0.5, 0.6) is 17.2 Å². The zero-order chi connectivity index (χ0) is 22.6. The molecule has 0 aliphatic heterocycles. The number of unbranched alkanes of at least 4 members (excludes halogenated alkanes) is 2. The van der Waals surface area contributed by atoms with Crippen molar-refractivity contribution in [2.45, 2.75) is 26.2 Å². The minimum absolute atomic E-state index is 0.128. The molecular weight excluding hydrogens is 484 g/mol. The summed E-state index contributed by atoms with van der Waals surface area (Å²) in [6.07, 6.45) is 4.16. The Morgan fingerprint density at radius 3 is 2.10 bits per heavy atom. The van der Waals surface area contributed by atoms with Crippen molar-refractivity contribution in [3.63, 3.8) is 0 Å². The molecule has 0 saturated carbocycles. The first kappa shape index (κ1) is 25.5. The Balaban J connectivity index is 1.67. The van der Waals surface area contributed by atoms with Crippen LogP contribution in [0.15, 0.2) is 52.1 Å². The van der Waals surface area contributed by atoms with E-state index >= 15 is 0 Å². The van der Waals surface area contributed by atoms with E-state index in [1.165, 1.54) is 6.08 Å². The average Bonchev–Trinajstić information content (AvgIpc) is 2.74. The van der Waals surface area contributed by atoms with Gasteiger partial charge in [-0.15, -0.1) is 0 Å². The summed E-state index contributed by atoms with van der Waals surface area (Å²) in [5.74, 6) is 1.70. The fraction of sp³-hybridized carbons (Fsp3) is 0.318. The topological polar surface area (TPSA) is 60.3 Å². The van der Waals surface area contributed by atoms with E-state index < -0.39 is 0 Å². The van der Waals surface area contributed by atoms with Gasteiger partial charge in [-0.2, -0.15) is 0 Å². The second-order valence-electron chi connectivity index (χ2n) is 6.49. The van der Waals surface area contributed by atoms with Crippen LogP contribution in [0.4, 0.5) is 0 Å². The van der Waals surface area contributed by atoms with Gasteiger partial charge in [-0.1, -0.05) is 51.6 Å². The molecule has 9 heteroatoms. The molecule has 1 N–H and O–H groups in total. The quantitative estimate of drug-likeness (QED) is 0.140. The SMILES string of the molecule is CC(=NO)c1ccc(OCCCCCOc2c(Cl)cc(OCC=C(Cl)Cl)cc2Cl)cc1. The summed E-state index contributed by atoms with van der Waals surface area (Å²) in [4.78, 5) is 0. The van der Waals surface area contributed by atoms with Crippen molar-refractivity contribution in [1.82, 2.24) is 0 Å². The van der Waals surface area contributed by atoms with Crippen molar-refractivity contribution in [1.29, 1.82) is 0 Å². The predicted octanol–water partition coefficient (Wildman–Crippen LogP) is 7.52. The molecule has 2 aromatic rings. The molecule has 31 heavy (non-hydrogen) atoms. The van der Waals surface area contributed by atoms with E-state index in [0.29, 0.717) is 40.5 Å². The number of hydrogen-bond acceptors (Lipinski definition) is 5. The summed E-state index contributed by atoms with van der Waals surface area (Å²) < 4.78 is 17.0. The number of hydrogen-bond donors (Lipinski definition) is 1.